The van der Waals surface area contributed by atoms with Crippen LogP contribution >= 0.6 is 0 Å². The van der Waals surface area contributed by atoms with Crippen LogP contribution in [0.1, 0.15) is 29.9 Å². The number of hydrogen-bond donors (Lipinski definition) is 1. The topological polar surface area (TPSA) is 60.9 Å². The van der Waals surface area contributed by atoms with Crippen LogP contribution in [0.25, 0.3) is 11.1 Å². The van der Waals surface area contributed by atoms with Crippen LogP contribution in [0.5, 0.6) is 0 Å². The van der Waals surface area contributed by atoms with Gasteiger partial charge in [0.05, 0.1) is 11.5 Å². The van der Waals surface area contributed by atoms with Crippen molar-refractivity contribution >= 4 is 10.0 Å². The molecule has 1 N–H and O–H groups in total. The number of fused-ring (bicyclic) bond motifs is 1. The van der Waals surface area contributed by atoms with Crippen LogP contribution < -0.4 is 0 Å². The van der Waals surface area contributed by atoms with Crippen molar-refractivity contribution < 1.29 is 13.5 Å². The van der Waals surface area contributed by atoms with Gasteiger partial charge in [-0.15, -0.1) is 0 Å². The lowest BCUT2D eigenvalue weighted by atomic mass is 9.74. The third kappa shape index (κ3) is 4.31. The number of aliphatic hydroxyl groups is 1. The fourth-order valence-electron chi connectivity index (χ4n) is 5.58. The molecule has 2 saturated heterocycles. The van der Waals surface area contributed by atoms with Gasteiger partial charge in [0.2, 0.25) is 10.0 Å². The van der Waals surface area contributed by atoms with E-state index in [1.807, 2.05) is 31.2 Å². The van der Waals surface area contributed by atoms with Crippen molar-refractivity contribution in [3.05, 3.63) is 90.0 Å². The first-order valence-electron chi connectivity index (χ1n) is 12.1. The zero-order valence-electron chi connectivity index (χ0n) is 19.5. The van der Waals surface area contributed by atoms with Crippen molar-refractivity contribution in [3.8, 4) is 11.1 Å². The zero-order chi connectivity index (χ0) is 23.7. The molecule has 0 radical (unpaired) electrons. The van der Waals surface area contributed by atoms with Gasteiger partial charge in [0.25, 0.3) is 0 Å². The van der Waals surface area contributed by atoms with Gasteiger partial charge in [0.1, 0.15) is 0 Å². The van der Waals surface area contributed by atoms with Crippen LogP contribution in [0.15, 0.2) is 83.8 Å². The SMILES string of the molecule is Cc1cccc(S(=O)(=O)N2CCCCN3[C@H](C2)[C@@H](c2ccc(-c4ccccc4)cc2)[C@@H]3CO)c1. The summed E-state index contributed by atoms with van der Waals surface area (Å²) >= 11 is 0. The Kier molecular flexibility index (Phi) is 6.58. The average molecular weight is 477 g/mol. The molecule has 2 aliphatic heterocycles. The molecular formula is C28H32N2O3S. The number of aryl methyl sites for hydroxylation is 1. The Labute approximate surface area is 202 Å². The van der Waals surface area contributed by atoms with Crippen LogP contribution in [0.3, 0.4) is 0 Å². The highest BCUT2D eigenvalue weighted by Crippen LogP contribution is 2.43. The normalized spacial score (nSPS) is 24.0. The second kappa shape index (κ2) is 9.62. The molecule has 0 aromatic heterocycles. The first-order valence-corrected chi connectivity index (χ1v) is 13.5. The van der Waals surface area contributed by atoms with Crippen LogP contribution in [0, 0.1) is 6.92 Å². The van der Waals surface area contributed by atoms with Crippen molar-refractivity contribution in [2.75, 3.05) is 26.2 Å². The molecule has 0 bridgehead atoms. The molecule has 5 rings (SSSR count). The van der Waals surface area contributed by atoms with E-state index in [1.54, 1.807) is 22.5 Å². The zero-order valence-corrected chi connectivity index (χ0v) is 20.4. The van der Waals surface area contributed by atoms with Crippen molar-refractivity contribution in [2.45, 2.75) is 42.7 Å². The quantitative estimate of drug-likeness (QED) is 0.597. The maximum absolute atomic E-state index is 13.5. The summed E-state index contributed by atoms with van der Waals surface area (Å²) in [5, 5.41) is 10.2. The van der Waals surface area contributed by atoms with E-state index < -0.39 is 10.0 Å². The van der Waals surface area contributed by atoms with Gasteiger partial charge in [0.15, 0.2) is 0 Å². The number of benzene rings is 3. The molecule has 0 amide bonds. The molecule has 6 heteroatoms. The summed E-state index contributed by atoms with van der Waals surface area (Å²) in [6.45, 7) is 3.86. The molecule has 0 saturated carbocycles. The Morgan fingerprint density at radius 2 is 1.59 bits per heavy atom. The molecule has 0 aliphatic carbocycles. The number of aliphatic hydroxyl groups excluding tert-OH is 1. The predicted molar refractivity (Wildman–Crippen MR) is 135 cm³/mol. The molecule has 5 nitrogen and oxygen atoms in total. The van der Waals surface area contributed by atoms with E-state index in [9.17, 15) is 13.5 Å². The second-order valence-electron chi connectivity index (χ2n) is 9.46. The maximum Gasteiger partial charge on any atom is 0.243 e. The summed E-state index contributed by atoms with van der Waals surface area (Å²) in [5.74, 6) is 0.100. The molecule has 178 valence electrons. The Hall–Kier alpha value is -2.51. The molecule has 3 aromatic carbocycles. The molecule has 3 aromatic rings. The third-order valence-corrected chi connectivity index (χ3v) is 9.22. The molecule has 3 atom stereocenters. The molecule has 0 spiro atoms. The van der Waals surface area contributed by atoms with Gasteiger partial charge < -0.3 is 5.11 Å². The lowest BCUT2D eigenvalue weighted by molar-refractivity contribution is -0.0553. The van der Waals surface area contributed by atoms with E-state index in [2.05, 4.69) is 41.3 Å². The lowest BCUT2D eigenvalue weighted by Crippen LogP contribution is -2.67. The van der Waals surface area contributed by atoms with Gasteiger partial charge in [0, 0.05) is 31.1 Å². The van der Waals surface area contributed by atoms with Gasteiger partial charge in [-0.3, -0.25) is 4.90 Å². The highest BCUT2D eigenvalue weighted by Gasteiger charge is 2.50. The summed E-state index contributed by atoms with van der Waals surface area (Å²) in [5.41, 5.74) is 4.43. The van der Waals surface area contributed by atoms with Crippen molar-refractivity contribution in [2.24, 2.45) is 0 Å². The van der Waals surface area contributed by atoms with E-state index in [0.717, 1.165) is 36.1 Å². The Morgan fingerprint density at radius 3 is 2.29 bits per heavy atom. The van der Waals surface area contributed by atoms with Crippen LogP contribution in [0.2, 0.25) is 0 Å². The largest absolute Gasteiger partial charge is 0.395 e. The Balaban J connectivity index is 1.43. The van der Waals surface area contributed by atoms with Crippen LogP contribution in [-0.2, 0) is 10.0 Å². The van der Waals surface area contributed by atoms with Crippen molar-refractivity contribution in [1.29, 1.82) is 0 Å². The predicted octanol–water partition coefficient (Wildman–Crippen LogP) is 4.28. The molecule has 0 unspecified atom stereocenters. The summed E-state index contributed by atoms with van der Waals surface area (Å²) in [7, 11) is -3.57. The molecule has 2 heterocycles. The van der Waals surface area contributed by atoms with Gasteiger partial charge in [-0.05, 0) is 60.7 Å². The minimum atomic E-state index is -3.57. The second-order valence-corrected chi connectivity index (χ2v) is 11.4. The average Bonchev–Trinajstić information content (AvgIpc) is 2.84. The third-order valence-electron chi connectivity index (χ3n) is 7.36. The van der Waals surface area contributed by atoms with E-state index in [0.29, 0.717) is 18.0 Å². The maximum atomic E-state index is 13.5. The molecular weight excluding hydrogens is 444 g/mol. The standard InChI is InChI=1S/C28H32N2O3S/c1-21-8-7-11-25(18-21)34(32,33)29-16-5-6-17-30-26(19-29)28(27(30)20-31)24-14-12-23(13-15-24)22-9-3-2-4-10-22/h2-4,7-15,18,26-28,31H,5-6,16-17,19-20H2,1H3/t26-,27+,28-/m1/s1. The summed E-state index contributed by atoms with van der Waals surface area (Å²) in [6, 6.07) is 26.1. The Morgan fingerprint density at radius 1 is 0.882 bits per heavy atom. The summed E-state index contributed by atoms with van der Waals surface area (Å²) in [6.07, 6.45) is 1.75. The monoisotopic (exact) mass is 476 g/mol. The van der Waals surface area contributed by atoms with Crippen LogP contribution in [0.4, 0.5) is 0 Å². The minimum Gasteiger partial charge on any atom is -0.395 e. The van der Waals surface area contributed by atoms with E-state index in [1.165, 1.54) is 5.56 Å². The summed E-state index contributed by atoms with van der Waals surface area (Å²) in [4.78, 5) is 2.68. The molecule has 2 fully saturated rings. The fourth-order valence-corrected chi connectivity index (χ4v) is 7.18. The number of rotatable bonds is 5. The van der Waals surface area contributed by atoms with E-state index in [-0.39, 0.29) is 24.6 Å². The number of hydrogen-bond acceptors (Lipinski definition) is 4. The van der Waals surface area contributed by atoms with Gasteiger partial charge in [-0.2, -0.15) is 4.31 Å². The van der Waals surface area contributed by atoms with E-state index >= 15 is 0 Å². The van der Waals surface area contributed by atoms with Crippen molar-refractivity contribution in [1.82, 2.24) is 9.21 Å². The van der Waals surface area contributed by atoms with Gasteiger partial charge in [-0.1, -0.05) is 66.7 Å². The fraction of sp³-hybridized carbons (Fsp3) is 0.357. The van der Waals surface area contributed by atoms with Crippen LogP contribution in [-0.4, -0.2) is 61.1 Å². The Bertz CT molecular complexity index is 1230. The molecule has 2 aliphatic rings. The minimum absolute atomic E-state index is 0.0224. The molecule has 34 heavy (non-hydrogen) atoms. The first-order chi connectivity index (χ1) is 16.5. The lowest BCUT2D eigenvalue weighted by Gasteiger charge is -2.57. The smallest absolute Gasteiger partial charge is 0.243 e. The number of nitrogens with zero attached hydrogens (tertiary/aromatic N) is 2. The van der Waals surface area contributed by atoms with Gasteiger partial charge >= 0.3 is 0 Å². The highest BCUT2D eigenvalue weighted by atomic mass is 32.2. The van der Waals surface area contributed by atoms with Gasteiger partial charge in [-0.25, -0.2) is 8.42 Å². The first kappa shape index (κ1) is 23.2. The number of sulfonamides is 1. The highest BCUT2D eigenvalue weighted by molar-refractivity contribution is 7.89. The van der Waals surface area contributed by atoms with Crippen molar-refractivity contribution in [3.63, 3.8) is 0 Å². The van der Waals surface area contributed by atoms with E-state index in [4.69, 9.17) is 0 Å². The summed E-state index contributed by atoms with van der Waals surface area (Å²) < 4.78 is 28.7.